The lowest BCUT2D eigenvalue weighted by Crippen LogP contribution is -2.48. The monoisotopic (exact) mass is 519 g/mol. The summed E-state index contributed by atoms with van der Waals surface area (Å²) in [5.41, 5.74) is 7.56. The fourth-order valence-corrected chi connectivity index (χ4v) is 3.26. The second-order valence-corrected chi connectivity index (χ2v) is 8.35. The van der Waals surface area contributed by atoms with Gasteiger partial charge in [-0.3, -0.25) is 25.2 Å². The summed E-state index contributed by atoms with van der Waals surface area (Å²) in [5, 5.41) is 2.43. The first-order valence-corrected chi connectivity index (χ1v) is 11.4. The largest absolute Gasteiger partial charge is 0.466 e. The van der Waals surface area contributed by atoms with E-state index >= 15 is 0 Å². The molecule has 0 radical (unpaired) electrons. The van der Waals surface area contributed by atoms with Crippen molar-refractivity contribution in [3.05, 3.63) is 69.7 Å². The maximum absolute atomic E-state index is 12.1. The van der Waals surface area contributed by atoms with Crippen LogP contribution in [0.25, 0.3) is 0 Å². The first-order valence-electron chi connectivity index (χ1n) is 10.2. The zero-order valence-electron chi connectivity index (χ0n) is 17.8. The molecule has 0 saturated heterocycles. The van der Waals surface area contributed by atoms with E-state index in [1.165, 1.54) is 5.56 Å². The highest BCUT2D eigenvalue weighted by atomic mass is 79.9. The minimum Gasteiger partial charge on any atom is -0.466 e. The third-order valence-electron chi connectivity index (χ3n) is 4.48. The van der Waals surface area contributed by atoms with Crippen molar-refractivity contribution in [2.75, 3.05) is 6.61 Å². The van der Waals surface area contributed by atoms with Gasteiger partial charge in [0.15, 0.2) is 5.11 Å². The maximum Gasteiger partial charge on any atom is 0.305 e. The normalized spacial score (nSPS) is 10.2. The third-order valence-corrected chi connectivity index (χ3v) is 5.54. The number of hydrogen-bond acceptors (Lipinski definition) is 5. The molecule has 2 amide bonds. The zero-order chi connectivity index (χ0) is 23.3. The number of benzene rings is 2. The molecule has 0 saturated carbocycles. The quantitative estimate of drug-likeness (QED) is 0.202. The van der Waals surface area contributed by atoms with Crippen LogP contribution in [0.2, 0.25) is 0 Å². The smallest absolute Gasteiger partial charge is 0.305 e. The van der Waals surface area contributed by atoms with Gasteiger partial charge in [0, 0.05) is 22.9 Å². The summed E-state index contributed by atoms with van der Waals surface area (Å²) in [7, 11) is 0. The van der Waals surface area contributed by atoms with Crippen molar-refractivity contribution in [2.24, 2.45) is 0 Å². The minimum absolute atomic E-state index is 0.0296. The molecule has 0 aliphatic rings. The van der Waals surface area contributed by atoms with Crippen molar-refractivity contribution in [2.45, 2.75) is 39.0 Å². The molecule has 0 aromatic heterocycles. The Morgan fingerprint density at radius 3 is 2.47 bits per heavy atom. The fraction of sp³-hybridized carbons (Fsp3) is 0.304. The lowest BCUT2D eigenvalue weighted by molar-refractivity contribution is -0.143. The number of hydrazine groups is 1. The van der Waals surface area contributed by atoms with Crippen molar-refractivity contribution in [1.82, 2.24) is 16.2 Å². The van der Waals surface area contributed by atoms with Crippen molar-refractivity contribution in [3.8, 4) is 0 Å². The lowest BCUT2D eigenvalue weighted by atomic mass is 10.1. The van der Waals surface area contributed by atoms with Crippen molar-refractivity contribution in [3.63, 3.8) is 0 Å². The van der Waals surface area contributed by atoms with Crippen LogP contribution in [0.3, 0.4) is 0 Å². The zero-order valence-corrected chi connectivity index (χ0v) is 20.2. The molecule has 7 nitrogen and oxygen atoms in total. The van der Waals surface area contributed by atoms with Gasteiger partial charge in [-0.2, -0.15) is 0 Å². The molecule has 0 fully saturated rings. The average molecular weight is 520 g/mol. The Morgan fingerprint density at radius 1 is 1.00 bits per heavy atom. The summed E-state index contributed by atoms with van der Waals surface area (Å²) < 4.78 is 6.01. The molecule has 170 valence electrons. The Bertz CT molecular complexity index is 954. The van der Waals surface area contributed by atoms with Gasteiger partial charge in [0.05, 0.1) is 6.61 Å². The Morgan fingerprint density at radius 2 is 1.75 bits per heavy atom. The van der Waals surface area contributed by atoms with E-state index in [-0.39, 0.29) is 29.8 Å². The molecule has 2 aromatic rings. The van der Waals surface area contributed by atoms with Crippen LogP contribution in [0, 0.1) is 6.92 Å². The molecule has 3 N–H and O–H groups in total. The van der Waals surface area contributed by atoms with Crippen molar-refractivity contribution >= 4 is 51.0 Å². The van der Waals surface area contributed by atoms with Gasteiger partial charge in [-0.15, -0.1) is 0 Å². The number of nitrogens with one attached hydrogen (secondary N) is 3. The second-order valence-electron chi connectivity index (χ2n) is 7.08. The summed E-state index contributed by atoms with van der Waals surface area (Å²) in [6.45, 7) is 2.27. The Hall–Kier alpha value is -2.78. The van der Waals surface area contributed by atoms with E-state index in [1.54, 1.807) is 12.1 Å². The molecule has 0 aliphatic carbocycles. The second kappa shape index (κ2) is 13.6. The molecular weight excluding hydrogens is 494 g/mol. The highest BCUT2D eigenvalue weighted by molar-refractivity contribution is 9.10. The Labute approximate surface area is 201 Å². The number of rotatable bonds is 9. The standard InChI is InChI=1S/C23H26BrN3O4S/c1-16-12-13-18(15-19(16)24)22(30)26-27-23(32)25-20(28)10-5-11-21(29)31-14-6-9-17-7-3-2-4-8-17/h2-4,7-8,12-13,15H,5-6,9-11,14H2,1H3,(H,26,30)(H2,25,27,28,32). The van der Waals surface area contributed by atoms with Crippen LogP contribution in [-0.2, 0) is 20.7 Å². The minimum atomic E-state index is -0.391. The number of aryl methyl sites for hydroxylation is 2. The first kappa shape index (κ1) is 25.5. The predicted octanol–water partition coefficient (Wildman–Crippen LogP) is 3.74. The summed E-state index contributed by atoms with van der Waals surface area (Å²) in [5.74, 6) is -1.08. The first-order chi connectivity index (χ1) is 15.3. The number of ether oxygens (including phenoxy) is 1. The predicted molar refractivity (Wildman–Crippen MR) is 130 cm³/mol. The summed E-state index contributed by atoms with van der Waals surface area (Å²) in [4.78, 5) is 35.8. The van der Waals surface area contributed by atoms with E-state index in [4.69, 9.17) is 17.0 Å². The topological polar surface area (TPSA) is 96.5 Å². The number of hydrogen-bond donors (Lipinski definition) is 3. The molecule has 2 aromatic carbocycles. The van der Waals surface area contributed by atoms with E-state index in [9.17, 15) is 14.4 Å². The van der Waals surface area contributed by atoms with Gasteiger partial charge in [-0.05, 0) is 61.7 Å². The fourth-order valence-electron chi connectivity index (χ4n) is 2.71. The number of carbonyl (C=O) groups is 3. The van der Waals surface area contributed by atoms with Crippen LogP contribution in [0.4, 0.5) is 0 Å². The molecule has 9 heteroatoms. The highest BCUT2D eigenvalue weighted by Gasteiger charge is 2.10. The van der Waals surface area contributed by atoms with Crippen molar-refractivity contribution < 1.29 is 19.1 Å². The van der Waals surface area contributed by atoms with Gasteiger partial charge in [-0.1, -0.05) is 52.3 Å². The van der Waals surface area contributed by atoms with Gasteiger partial charge < -0.3 is 10.1 Å². The van der Waals surface area contributed by atoms with Gasteiger partial charge in [0.1, 0.15) is 0 Å². The molecule has 0 unspecified atom stereocenters. The van der Waals surface area contributed by atoms with Crippen LogP contribution in [0.5, 0.6) is 0 Å². The Balaban J connectivity index is 1.55. The van der Waals surface area contributed by atoms with E-state index < -0.39 is 5.91 Å². The van der Waals surface area contributed by atoms with Gasteiger partial charge in [-0.25, -0.2) is 0 Å². The molecule has 0 heterocycles. The van der Waals surface area contributed by atoms with Gasteiger partial charge in [0.25, 0.3) is 5.91 Å². The molecule has 0 spiro atoms. The van der Waals surface area contributed by atoms with E-state index in [0.717, 1.165) is 22.9 Å². The third kappa shape index (κ3) is 9.57. The van der Waals surface area contributed by atoms with Crippen molar-refractivity contribution in [1.29, 1.82) is 0 Å². The molecule has 2 rings (SSSR count). The number of carbonyl (C=O) groups excluding carboxylic acids is 3. The molecular formula is C23H26BrN3O4S. The molecule has 0 atom stereocenters. The lowest BCUT2D eigenvalue weighted by Gasteiger charge is -2.11. The summed E-state index contributed by atoms with van der Waals surface area (Å²) >= 11 is 8.37. The number of thiocarbonyl (C=S) groups is 1. The average Bonchev–Trinajstić information content (AvgIpc) is 2.77. The van der Waals surface area contributed by atoms with Crippen LogP contribution in [-0.4, -0.2) is 29.5 Å². The summed E-state index contributed by atoms with van der Waals surface area (Å²) in [6.07, 6.45) is 2.20. The van der Waals surface area contributed by atoms with Gasteiger partial charge >= 0.3 is 5.97 Å². The SMILES string of the molecule is Cc1ccc(C(=O)NNC(=S)NC(=O)CCCC(=O)OCCCc2ccccc2)cc1Br. The highest BCUT2D eigenvalue weighted by Crippen LogP contribution is 2.17. The number of amides is 2. The Kier molecular flexibility index (Phi) is 10.8. The van der Waals surface area contributed by atoms with Crippen LogP contribution in [0.1, 0.15) is 47.2 Å². The summed E-state index contributed by atoms with van der Waals surface area (Å²) in [6, 6.07) is 15.2. The van der Waals surface area contributed by atoms with E-state index in [0.29, 0.717) is 18.6 Å². The van der Waals surface area contributed by atoms with E-state index in [1.807, 2.05) is 43.3 Å². The molecule has 0 bridgehead atoms. The van der Waals surface area contributed by atoms with Gasteiger partial charge in [0.2, 0.25) is 5.91 Å². The molecule has 0 aliphatic heterocycles. The van der Waals surface area contributed by atoms with Crippen LogP contribution >= 0.6 is 28.1 Å². The molecule has 32 heavy (non-hydrogen) atoms. The van der Waals surface area contributed by atoms with Crippen LogP contribution < -0.4 is 16.2 Å². The van der Waals surface area contributed by atoms with Crippen LogP contribution in [0.15, 0.2) is 53.0 Å². The number of halogens is 1. The van der Waals surface area contributed by atoms with E-state index in [2.05, 4.69) is 32.1 Å². The maximum atomic E-state index is 12.1. The number of esters is 1.